The minimum Gasteiger partial charge on any atom is -0.755 e. The van der Waals surface area contributed by atoms with E-state index in [9.17, 15) is 8.76 Å². The fourth-order valence-corrected chi connectivity index (χ4v) is 4.41. The molecule has 2 aliphatic rings. The molecule has 24 heavy (non-hydrogen) atoms. The number of allylic oxidation sites excluding steroid dienone is 2. The van der Waals surface area contributed by atoms with Gasteiger partial charge in [0, 0.05) is 21.7 Å². The van der Waals surface area contributed by atoms with Crippen LogP contribution in [0.2, 0.25) is 0 Å². The van der Waals surface area contributed by atoms with E-state index >= 15 is 0 Å². The van der Waals surface area contributed by atoms with Crippen molar-refractivity contribution >= 4 is 38.6 Å². The van der Waals surface area contributed by atoms with Crippen molar-refractivity contribution in [3.8, 4) is 0 Å². The molecule has 2 aromatic carbocycles. The lowest BCUT2D eigenvalue weighted by atomic mass is 9.77. The zero-order valence-electron chi connectivity index (χ0n) is 12.7. The van der Waals surface area contributed by atoms with Crippen molar-refractivity contribution in [1.29, 1.82) is 0 Å². The Morgan fingerprint density at radius 2 is 2.00 bits per heavy atom. The van der Waals surface area contributed by atoms with Crippen LogP contribution in [0.5, 0.6) is 0 Å². The molecule has 2 N–H and O–H groups in total. The van der Waals surface area contributed by atoms with E-state index in [1.54, 1.807) is 6.07 Å². The lowest BCUT2D eigenvalue weighted by molar-refractivity contribution is 0.426. The molecule has 6 heteroatoms. The molecule has 1 aliphatic carbocycles. The van der Waals surface area contributed by atoms with Crippen molar-refractivity contribution in [2.45, 2.75) is 18.4 Å². The van der Waals surface area contributed by atoms with Gasteiger partial charge in [0.1, 0.15) is 0 Å². The molecule has 1 unspecified atom stereocenters. The molecule has 4 nitrogen and oxygen atoms in total. The van der Waals surface area contributed by atoms with Gasteiger partial charge in [0.05, 0.1) is 17.4 Å². The monoisotopic (exact) mass is 403 g/mol. The van der Waals surface area contributed by atoms with E-state index in [0.717, 1.165) is 22.1 Å². The van der Waals surface area contributed by atoms with E-state index in [1.807, 2.05) is 18.2 Å². The maximum absolute atomic E-state index is 11.1. The number of nitrogens with one attached hydrogen (secondary N) is 2. The van der Waals surface area contributed by atoms with Gasteiger partial charge in [0.2, 0.25) is 0 Å². The summed E-state index contributed by atoms with van der Waals surface area (Å²) in [5.74, 6) is 0.739. The standard InChI is InChI=1S/C18H17BrN2O2S/c19-12-9-7-11(8-10-12)17-14-4-1-3-13(14)15-5-2-6-16(18(15)20-17)21-24(22)23/h1-3,5-10,13-14,17,20-21H,4H2,(H,22,23)/p-1/t13-,14+,17+/m0/s1. The Balaban J connectivity index is 1.79. The Morgan fingerprint density at radius 1 is 1.21 bits per heavy atom. The summed E-state index contributed by atoms with van der Waals surface area (Å²) in [6, 6.07) is 14.2. The summed E-state index contributed by atoms with van der Waals surface area (Å²) in [7, 11) is 0. The molecule has 2 aromatic rings. The topological polar surface area (TPSA) is 64.2 Å². The quantitative estimate of drug-likeness (QED) is 0.586. The predicted octanol–water partition coefficient (Wildman–Crippen LogP) is 4.48. The van der Waals surface area contributed by atoms with Crippen LogP contribution in [-0.4, -0.2) is 8.76 Å². The third-order valence-corrected chi connectivity index (χ3v) is 5.73. The highest BCUT2D eigenvalue weighted by Gasteiger charge is 2.38. The van der Waals surface area contributed by atoms with Crippen LogP contribution in [0.1, 0.15) is 29.5 Å². The second-order valence-electron chi connectivity index (χ2n) is 6.13. The summed E-state index contributed by atoms with van der Waals surface area (Å²) < 4.78 is 25.8. The smallest absolute Gasteiger partial charge is 0.0688 e. The Labute approximate surface area is 151 Å². The number of rotatable bonds is 3. The Bertz CT molecular complexity index is 822. The fraction of sp³-hybridized carbons (Fsp3) is 0.222. The average Bonchev–Trinajstić information content (AvgIpc) is 3.05. The minimum atomic E-state index is -2.34. The molecule has 0 saturated carbocycles. The summed E-state index contributed by atoms with van der Waals surface area (Å²) >= 11 is 1.14. The zero-order valence-corrected chi connectivity index (χ0v) is 15.1. The van der Waals surface area contributed by atoms with Crippen molar-refractivity contribution in [1.82, 2.24) is 0 Å². The van der Waals surface area contributed by atoms with Gasteiger partial charge in [-0.1, -0.05) is 52.3 Å². The minimum absolute atomic E-state index is 0.147. The second kappa shape index (κ2) is 6.35. The SMILES string of the molecule is O=S([O-])Nc1cccc2c1N[C@H](c1ccc(Br)cc1)[C@@H]1CC=C[C@H]21. The first-order valence-electron chi connectivity index (χ1n) is 7.81. The van der Waals surface area contributed by atoms with Crippen molar-refractivity contribution in [2.24, 2.45) is 5.92 Å². The maximum Gasteiger partial charge on any atom is 0.0688 e. The van der Waals surface area contributed by atoms with Gasteiger partial charge < -0.3 is 14.6 Å². The van der Waals surface area contributed by atoms with E-state index in [4.69, 9.17) is 0 Å². The van der Waals surface area contributed by atoms with Gasteiger partial charge in [-0.2, -0.15) is 0 Å². The number of hydrogen-bond donors (Lipinski definition) is 2. The average molecular weight is 404 g/mol. The summed E-state index contributed by atoms with van der Waals surface area (Å²) in [6.07, 6.45) is 5.49. The van der Waals surface area contributed by atoms with Gasteiger partial charge >= 0.3 is 0 Å². The first-order valence-corrected chi connectivity index (χ1v) is 9.68. The molecule has 0 radical (unpaired) electrons. The number of para-hydroxylation sites is 1. The number of fused-ring (bicyclic) bond motifs is 3. The third-order valence-electron chi connectivity index (χ3n) is 4.82. The first-order chi connectivity index (χ1) is 11.6. The van der Waals surface area contributed by atoms with Crippen LogP contribution in [0.4, 0.5) is 11.4 Å². The molecule has 4 atom stereocenters. The van der Waals surface area contributed by atoms with Crippen molar-refractivity contribution in [3.05, 3.63) is 70.2 Å². The van der Waals surface area contributed by atoms with E-state index in [2.05, 4.69) is 56.3 Å². The highest BCUT2D eigenvalue weighted by molar-refractivity contribution is 9.10. The normalized spacial score (nSPS) is 25.5. The molecular formula is C18H16BrN2O2S-. The predicted molar refractivity (Wildman–Crippen MR) is 99.5 cm³/mol. The molecule has 0 amide bonds. The van der Waals surface area contributed by atoms with E-state index in [-0.39, 0.29) is 6.04 Å². The summed E-state index contributed by atoms with van der Waals surface area (Å²) in [5, 5.41) is 3.59. The van der Waals surface area contributed by atoms with Gasteiger partial charge in [-0.3, -0.25) is 4.21 Å². The van der Waals surface area contributed by atoms with Crippen molar-refractivity contribution in [3.63, 3.8) is 0 Å². The van der Waals surface area contributed by atoms with Crippen LogP contribution in [0.15, 0.2) is 59.1 Å². The van der Waals surface area contributed by atoms with Gasteiger partial charge in [-0.05, 0) is 41.7 Å². The maximum atomic E-state index is 11.1. The van der Waals surface area contributed by atoms with Crippen LogP contribution in [-0.2, 0) is 11.3 Å². The lowest BCUT2D eigenvalue weighted by Crippen LogP contribution is -2.29. The molecule has 0 fully saturated rings. The third kappa shape index (κ3) is 2.79. The van der Waals surface area contributed by atoms with Crippen molar-refractivity contribution in [2.75, 3.05) is 10.0 Å². The molecule has 4 rings (SSSR count). The van der Waals surface area contributed by atoms with Crippen LogP contribution in [0.3, 0.4) is 0 Å². The van der Waals surface area contributed by atoms with Gasteiger partial charge in [-0.15, -0.1) is 0 Å². The van der Waals surface area contributed by atoms with Crippen LogP contribution >= 0.6 is 15.9 Å². The highest BCUT2D eigenvalue weighted by Crippen LogP contribution is 2.51. The van der Waals surface area contributed by atoms with Gasteiger partial charge in [-0.25, -0.2) is 0 Å². The van der Waals surface area contributed by atoms with Crippen LogP contribution < -0.4 is 10.0 Å². The highest BCUT2D eigenvalue weighted by atomic mass is 79.9. The van der Waals surface area contributed by atoms with Crippen LogP contribution in [0.25, 0.3) is 0 Å². The molecule has 0 aromatic heterocycles. The molecular weight excluding hydrogens is 388 g/mol. The molecule has 0 bridgehead atoms. The van der Waals surface area contributed by atoms with E-state index in [0.29, 0.717) is 17.5 Å². The molecule has 124 valence electrons. The van der Waals surface area contributed by atoms with Gasteiger partial charge in [0.25, 0.3) is 0 Å². The largest absolute Gasteiger partial charge is 0.755 e. The number of benzene rings is 2. The second-order valence-corrected chi connectivity index (χ2v) is 7.72. The Morgan fingerprint density at radius 3 is 2.75 bits per heavy atom. The molecule has 0 spiro atoms. The van der Waals surface area contributed by atoms with Crippen LogP contribution in [0, 0.1) is 5.92 Å². The fourth-order valence-electron chi connectivity index (χ4n) is 3.80. The molecule has 1 heterocycles. The van der Waals surface area contributed by atoms with E-state index in [1.165, 1.54) is 5.56 Å². The van der Waals surface area contributed by atoms with Crippen molar-refractivity contribution < 1.29 is 8.76 Å². The molecule has 1 aliphatic heterocycles. The first kappa shape index (κ1) is 15.9. The lowest BCUT2D eigenvalue weighted by Gasteiger charge is -2.38. The summed E-state index contributed by atoms with van der Waals surface area (Å²) in [6.45, 7) is 0. The Kier molecular flexibility index (Phi) is 4.20. The Hall–Kier alpha value is -1.63. The number of hydrogen-bond acceptors (Lipinski definition) is 3. The van der Waals surface area contributed by atoms with Gasteiger partial charge in [0.15, 0.2) is 0 Å². The van der Waals surface area contributed by atoms with E-state index < -0.39 is 11.3 Å². The number of halogens is 1. The zero-order chi connectivity index (χ0) is 16.7. The molecule has 0 saturated heterocycles. The number of anilines is 2. The summed E-state index contributed by atoms with van der Waals surface area (Å²) in [4.78, 5) is 0. The summed E-state index contributed by atoms with van der Waals surface area (Å²) in [5.41, 5.74) is 3.84.